The standard InChI is InChI=1S/C29H32N4O6/c1-5-38-26-15-22(10-13-25(26)39-18-27(34)32-24-14-19(2)6-7-20(24)3)17-31-33-29(36)28(35)30-16-21-8-11-23(37-4)12-9-21/h6-15,17H,5,16,18H2,1-4H3,(H,30,35)(H,32,34)(H,33,36)/b31-17-. The molecule has 3 amide bonds. The second kappa shape index (κ2) is 14.2. The number of nitrogens with one attached hydrogen (secondary N) is 3. The van der Waals surface area contributed by atoms with E-state index in [2.05, 4.69) is 21.2 Å². The minimum atomic E-state index is -0.903. The molecule has 0 aliphatic rings. The van der Waals surface area contributed by atoms with Crippen molar-refractivity contribution in [1.82, 2.24) is 10.7 Å². The maximum atomic E-state index is 12.4. The predicted octanol–water partition coefficient (Wildman–Crippen LogP) is 3.49. The molecule has 0 aliphatic heterocycles. The molecule has 0 unspecified atom stereocenters. The summed E-state index contributed by atoms with van der Waals surface area (Å²) in [7, 11) is 1.57. The van der Waals surface area contributed by atoms with Gasteiger partial charge in [0.1, 0.15) is 5.75 Å². The lowest BCUT2D eigenvalue weighted by atomic mass is 10.1. The Hall–Kier alpha value is -4.86. The van der Waals surface area contributed by atoms with Crippen LogP contribution in [-0.4, -0.2) is 44.3 Å². The van der Waals surface area contributed by atoms with Crippen molar-refractivity contribution in [3.05, 3.63) is 82.9 Å². The lowest BCUT2D eigenvalue weighted by Crippen LogP contribution is -2.37. The molecule has 3 rings (SSSR count). The first kappa shape index (κ1) is 28.7. The van der Waals surface area contributed by atoms with Crippen LogP contribution in [0.15, 0.2) is 65.8 Å². The molecular formula is C29H32N4O6. The van der Waals surface area contributed by atoms with Crippen LogP contribution in [0.3, 0.4) is 0 Å². The number of nitrogens with zero attached hydrogens (tertiary/aromatic N) is 1. The van der Waals surface area contributed by atoms with Crippen LogP contribution >= 0.6 is 0 Å². The number of hydrogen-bond donors (Lipinski definition) is 3. The summed E-state index contributed by atoms with van der Waals surface area (Å²) in [5.41, 5.74) is 6.32. The summed E-state index contributed by atoms with van der Waals surface area (Å²) in [6.07, 6.45) is 1.37. The number of benzene rings is 3. The first-order chi connectivity index (χ1) is 18.8. The van der Waals surface area contributed by atoms with E-state index in [4.69, 9.17) is 14.2 Å². The molecule has 0 radical (unpaired) electrons. The van der Waals surface area contributed by atoms with E-state index < -0.39 is 11.8 Å². The molecule has 0 bridgehead atoms. The molecule has 0 heterocycles. The van der Waals surface area contributed by atoms with Gasteiger partial charge in [0.05, 0.1) is 19.9 Å². The first-order valence-electron chi connectivity index (χ1n) is 12.3. The van der Waals surface area contributed by atoms with E-state index in [1.165, 1.54) is 6.21 Å². The highest BCUT2D eigenvalue weighted by molar-refractivity contribution is 6.35. The summed E-state index contributed by atoms with van der Waals surface area (Å²) in [5.74, 6) is -0.537. The molecule has 39 heavy (non-hydrogen) atoms. The summed E-state index contributed by atoms with van der Waals surface area (Å²) in [4.78, 5) is 36.5. The Bertz CT molecular complexity index is 1340. The van der Waals surface area contributed by atoms with Crippen LogP contribution in [-0.2, 0) is 20.9 Å². The van der Waals surface area contributed by atoms with Gasteiger partial charge in [-0.25, -0.2) is 5.43 Å². The Balaban J connectivity index is 1.52. The number of amides is 3. The zero-order valence-corrected chi connectivity index (χ0v) is 22.4. The third-order valence-corrected chi connectivity index (χ3v) is 5.49. The minimum Gasteiger partial charge on any atom is -0.497 e. The number of rotatable bonds is 11. The molecular weight excluding hydrogens is 500 g/mol. The van der Waals surface area contributed by atoms with Crippen LogP contribution in [0, 0.1) is 13.8 Å². The SMILES string of the molecule is CCOc1cc(/C=N\NC(=O)C(=O)NCc2ccc(OC)cc2)ccc1OCC(=O)Nc1cc(C)ccc1C. The van der Waals surface area contributed by atoms with Crippen molar-refractivity contribution in [3.63, 3.8) is 0 Å². The monoisotopic (exact) mass is 532 g/mol. The summed E-state index contributed by atoms with van der Waals surface area (Å²) in [6, 6.07) is 17.9. The fourth-order valence-electron chi connectivity index (χ4n) is 3.41. The molecule has 204 valence electrons. The Morgan fingerprint density at radius 2 is 1.67 bits per heavy atom. The van der Waals surface area contributed by atoms with Crippen molar-refractivity contribution >= 4 is 29.6 Å². The highest BCUT2D eigenvalue weighted by Gasteiger charge is 2.13. The molecule has 10 heteroatoms. The van der Waals surface area contributed by atoms with Gasteiger partial charge >= 0.3 is 11.8 Å². The summed E-state index contributed by atoms with van der Waals surface area (Å²) < 4.78 is 16.4. The summed E-state index contributed by atoms with van der Waals surface area (Å²) >= 11 is 0. The van der Waals surface area contributed by atoms with Crippen LogP contribution in [0.25, 0.3) is 0 Å². The van der Waals surface area contributed by atoms with Gasteiger partial charge in [-0.2, -0.15) is 5.10 Å². The minimum absolute atomic E-state index is 0.182. The number of ether oxygens (including phenoxy) is 3. The van der Waals surface area contributed by atoms with Crippen LogP contribution in [0.2, 0.25) is 0 Å². The molecule has 0 aromatic heterocycles. The molecule has 0 saturated heterocycles. The second-order valence-corrected chi connectivity index (χ2v) is 8.52. The maximum absolute atomic E-state index is 12.4. The van der Waals surface area contributed by atoms with Crippen LogP contribution in [0.1, 0.15) is 29.2 Å². The number of methoxy groups -OCH3 is 1. The quantitative estimate of drug-likeness (QED) is 0.197. The van der Waals surface area contributed by atoms with Crippen molar-refractivity contribution in [2.24, 2.45) is 5.10 Å². The number of hydrogen-bond acceptors (Lipinski definition) is 7. The van der Waals surface area contributed by atoms with Gasteiger partial charge in [0, 0.05) is 12.2 Å². The zero-order chi connectivity index (χ0) is 28.2. The summed E-state index contributed by atoms with van der Waals surface area (Å²) in [5, 5.41) is 9.22. The third-order valence-electron chi connectivity index (χ3n) is 5.49. The van der Waals surface area contributed by atoms with Crippen molar-refractivity contribution in [1.29, 1.82) is 0 Å². The maximum Gasteiger partial charge on any atom is 0.329 e. The van der Waals surface area contributed by atoms with E-state index in [-0.39, 0.29) is 19.1 Å². The molecule has 0 saturated carbocycles. The average molecular weight is 533 g/mol. The largest absolute Gasteiger partial charge is 0.497 e. The van der Waals surface area contributed by atoms with Crippen molar-refractivity contribution < 1.29 is 28.6 Å². The van der Waals surface area contributed by atoms with Crippen molar-refractivity contribution in [2.75, 3.05) is 25.6 Å². The smallest absolute Gasteiger partial charge is 0.329 e. The van der Waals surface area contributed by atoms with Gasteiger partial charge in [-0.15, -0.1) is 0 Å². The van der Waals surface area contributed by atoms with E-state index in [1.807, 2.05) is 39.0 Å². The lowest BCUT2D eigenvalue weighted by Gasteiger charge is -2.13. The van der Waals surface area contributed by atoms with Gasteiger partial charge < -0.3 is 24.8 Å². The van der Waals surface area contributed by atoms with Gasteiger partial charge in [-0.1, -0.05) is 24.3 Å². The Labute approximate surface area is 227 Å². The zero-order valence-electron chi connectivity index (χ0n) is 22.4. The molecule has 3 aromatic rings. The van der Waals surface area contributed by atoms with E-state index in [0.717, 1.165) is 22.4 Å². The lowest BCUT2D eigenvalue weighted by molar-refractivity contribution is -0.139. The average Bonchev–Trinajstić information content (AvgIpc) is 2.93. The van der Waals surface area contributed by atoms with Crippen LogP contribution < -0.4 is 30.3 Å². The van der Waals surface area contributed by atoms with E-state index in [9.17, 15) is 14.4 Å². The van der Waals surface area contributed by atoms with Gasteiger partial charge in [0.2, 0.25) is 0 Å². The van der Waals surface area contributed by atoms with Crippen molar-refractivity contribution in [2.45, 2.75) is 27.3 Å². The van der Waals surface area contributed by atoms with E-state index in [1.54, 1.807) is 49.6 Å². The van der Waals surface area contributed by atoms with E-state index >= 15 is 0 Å². The Morgan fingerprint density at radius 1 is 0.897 bits per heavy atom. The van der Waals surface area contributed by atoms with Gasteiger partial charge in [0.15, 0.2) is 18.1 Å². The van der Waals surface area contributed by atoms with Crippen molar-refractivity contribution in [3.8, 4) is 17.2 Å². The predicted molar refractivity (Wildman–Crippen MR) is 148 cm³/mol. The molecule has 0 atom stereocenters. The topological polar surface area (TPSA) is 127 Å². The van der Waals surface area contributed by atoms with E-state index in [0.29, 0.717) is 29.4 Å². The highest BCUT2D eigenvalue weighted by atomic mass is 16.5. The highest BCUT2D eigenvalue weighted by Crippen LogP contribution is 2.28. The Kier molecular flexibility index (Phi) is 10.4. The third kappa shape index (κ3) is 8.89. The number of hydrazone groups is 1. The molecule has 3 aromatic carbocycles. The molecule has 0 spiro atoms. The molecule has 0 aliphatic carbocycles. The number of carbonyl (C=O) groups is 3. The molecule has 3 N–H and O–H groups in total. The van der Waals surface area contributed by atoms with Gasteiger partial charge in [-0.05, 0) is 79.4 Å². The molecule has 10 nitrogen and oxygen atoms in total. The number of anilines is 1. The molecule has 0 fully saturated rings. The van der Waals surface area contributed by atoms with Crippen LogP contribution in [0.4, 0.5) is 5.69 Å². The van der Waals surface area contributed by atoms with Gasteiger partial charge in [0.25, 0.3) is 5.91 Å². The van der Waals surface area contributed by atoms with Gasteiger partial charge in [-0.3, -0.25) is 14.4 Å². The fourth-order valence-corrected chi connectivity index (χ4v) is 3.41. The number of carbonyl (C=O) groups excluding carboxylic acids is 3. The normalized spacial score (nSPS) is 10.6. The second-order valence-electron chi connectivity index (χ2n) is 8.52. The summed E-state index contributed by atoms with van der Waals surface area (Å²) in [6.45, 7) is 6.04. The van der Waals surface area contributed by atoms with Crippen LogP contribution in [0.5, 0.6) is 17.2 Å². The number of aryl methyl sites for hydroxylation is 2. The first-order valence-corrected chi connectivity index (χ1v) is 12.3. The Morgan fingerprint density at radius 3 is 2.38 bits per heavy atom. The fraction of sp³-hybridized carbons (Fsp3) is 0.241.